The molecule has 1 aliphatic rings. The molecule has 0 aliphatic carbocycles. The first-order chi connectivity index (χ1) is 7.75. The van der Waals surface area contributed by atoms with Gasteiger partial charge in [0.05, 0.1) is 6.10 Å². The summed E-state index contributed by atoms with van der Waals surface area (Å²) in [5.41, 5.74) is 1.21. The van der Waals surface area contributed by atoms with Crippen molar-refractivity contribution in [3.63, 3.8) is 0 Å². The highest BCUT2D eigenvalue weighted by molar-refractivity contribution is 5.10. The maximum Gasteiger partial charge on any atom is 0.0668 e. The summed E-state index contributed by atoms with van der Waals surface area (Å²) >= 11 is 0. The van der Waals surface area contributed by atoms with E-state index in [4.69, 9.17) is 0 Å². The Morgan fingerprint density at radius 2 is 2.19 bits per heavy atom. The van der Waals surface area contributed by atoms with Crippen LogP contribution in [0, 0.1) is 6.92 Å². The average Bonchev–Trinajstić information content (AvgIpc) is 2.30. The molecule has 0 saturated carbocycles. The zero-order valence-electron chi connectivity index (χ0n) is 9.55. The second kappa shape index (κ2) is 5.41. The van der Waals surface area contributed by atoms with Crippen LogP contribution in [0.25, 0.3) is 0 Å². The Kier molecular flexibility index (Phi) is 3.91. The Hall–Kier alpha value is -0.930. The molecule has 87 valence electrons. The van der Waals surface area contributed by atoms with E-state index in [1.54, 1.807) is 0 Å². The number of likely N-dealkylation sites (tertiary alicyclic amines) is 1. The van der Waals surface area contributed by atoms with E-state index in [9.17, 15) is 5.11 Å². The van der Waals surface area contributed by atoms with Crippen LogP contribution in [0.15, 0.2) is 24.4 Å². The fourth-order valence-electron chi connectivity index (χ4n) is 2.33. The molecule has 0 amide bonds. The highest BCUT2D eigenvalue weighted by Crippen LogP contribution is 2.26. The molecule has 0 aromatic carbocycles. The largest absolute Gasteiger partial charge is 0.392 e. The predicted molar refractivity (Wildman–Crippen MR) is 64.0 cm³/mol. The SMILES string of the molecule is [CH2]C(O)CN1CCC(c2ccccn2)CC1. The van der Waals surface area contributed by atoms with Gasteiger partial charge in [0.15, 0.2) is 0 Å². The van der Waals surface area contributed by atoms with Gasteiger partial charge in [-0.2, -0.15) is 0 Å². The maximum atomic E-state index is 9.22. The van der Waals surface area contributed by atoms with Crippen LogP contribution in [0.5, 0.6) is 0 Å². The van der Waals surface area contributed by atoms with Gasteiger partial charge in [-0.05, 0) is 45.0 Å². The van der Waals surface area contributed by atoms with Crippen LogP contribution in [-0.4, -0.2) is 40.7 Å². The molecule has 3 heteroatoms. The third-order valence-corrected chi connectivity index (χ3v) is 3.16. The highest BCUT2D eigenvalue weighted by Gasteiger charge is 2.21. The van der Waals surface area contributed by atoms with E-state index in [1.807, 2.05) is 12.3 Å². The van der Waals surface area contributed by atoms with E-state index in [2.05, 4.69) is 28.9 Å². The van der Waals surface area contributed by atoms with Gasteiger partial charge in [-0.1, -0.05) is 6.07 Å². The van der Waals surface area contributed by atoms with Gasteiger partial charge in [-0.3, -0.25) is 4.98 Å². The third kappa shape index (κ3) is 3.03. The molecule has 1 N–H and O–H groups in total. The van der Waals surface area contributed by atoms with E-state index in [1.165, 1.54) is 5.69 Å². The van der Waals surface area contributed by atoms with Crippen molar-refractivity contribution >= 4 is 0 Å². The Morgan fingerprint density at radius 3 is 2.75 bits per heavy atom. The molecule has 1 aromatic rings. The topological polar surface area (TPSA) is 36.4 Å². The average molecular weight is 219 g/mol. The molecule has 16 heavy (non-hydrogen) atoms. The van der Waals surface area contributed by atoms with Gasteiger partial charge in [0.2, 0.25) is 0 Å². The molecule has 2 rings (SSSR count). The van der Waals surface area contributed by atoms with Crippen molar-refractivity contribution < 1.29 is 5.11 Å². The van der Waals surface area contributed by atoms with Crippen LogP contribution < -0.4 is 0 Å². The summed E-state index contributed by atoms with van der Waals surface area (Å²) in [7, 11) is 0. The van der Waals surface area contributed by atoms with Gasteiger partial charge in [0.1, 0.15) is 0 Å². The van der Waals surface area contributed by atoms with Crippen LogP contribution in [0.4, 0.5) is 0 Å². The van der Waals surface area contributed by atoms with E-state index in [-0.39, 0.29) is 0 Å². The van der Waals surface area contributed by atoms with Crippen molar-refractivity contribution in [3.05, 3.63) is 37.0 Å². The first kappa shape index (κ1) is 11.6. The van der Waals surface area contributed by atoms with Crippen LogP contribution in [0.3, 0.4) is 0 Å². The summed E-state index contributed by atoms with van der Waals surface area (Å²) in [5, 5.41) is 9.22. The molecular formula is C13H19N2O. The number of piperidine rings is 1. The molecule has 1 aliphatic heterocycles. The van der Waals surface area contributed by atoms with Crippen molar-refractivity contribution in [3.8, 4) is 0 Å². The lowest BCUT2D eigenvalue weighted by Gasteiger charge is -2.32. The second-order valence-electron chi connectivity index (χ2n) is 4.48. The molecule has 1 radical (unpaired) electrons. The lowest BCUT2D eigenvalue weighted by Crippen LogP contribution is -2.37. The van der Waals surface area contributed by atoms with Crippen molar-refractivity contribution in [1.82, 2.24) is 9.88 Å². The van der Waals surface area contributed by atoms with Crippen LogP contribution in [0.1, 0.15) is 24.5 Å². The first-order valence-corrected chi connectivity index (χ1v) is 5.90. The van der Waals surface area contributed by atoms with E-state index < -0.39 is 6.10 Å². The summed E-state index contributed by atoms with van der Waals surface area (Å²) in [6.45, 7) is 6.37. The number of aromatic nitrogens is 1. The molecule has 1 unspecified atom stereocenters. The molecule has 3 nitrogen and oxygen atoms in total. The van der Waals surface area contributed by atoms with Crippen LogP contribution >= 0.6 is 0 Å². The van der Waals surface area contributed by atoms with Crippen molar-refractivity contribution in [2.45, 2.75) is 24.9 Å². The monoisotopic (exact) mass is 219 g/mol. The van der Waals surface area contributed by atoms with Gasteiger partial charge < -0.3 is 10.0 Å². The molecule has 2 heterocycles. The van der Waals surface area contributed by atoms with Gasteiger partial charge in [0.25, 0.3) is 0 Å². The molecule has 1 fully saturated rings. The van der Waals surface area contributed by atoms with Crippen molar-refractivity contribution in [2.75, 3.05) is 19.6 Å². The zero-order chi connectivity index (χ0) is 11.4. The van der Waals surface area contributed by atoms with Crippen LogP contribution in [0.2, 0.25) is 0 Å². The number of hydrogen-bond donors (Lipinski definition) is 1. The minimum absolute atomic E-state index is 0.466. The quantitative estimate of drug-likeness (QED) is 0.836. The third-order valence-electron chi connectivity index (χ3n) is 3.16. The maximum absolute atomic E-state index is 9.22. The van der Waals surface area contributed by atoms with Gasteiger partial charge in [-0.25, -0.2) is 0 Å². The minimum Gasteiger partial charge on any atom is -0.392 e. The van der Waals surface area contributed by atoms with E-state index in [0.717, 1.165) is 25.9 Å². The number of hydrogen-bond acceptors (Lipinski definition) is 3. The molecule has 1 aromatic heterocycles. The summed E-state index contributed by atoms with van der Waals surface area (Å²) in [6, 6.07) is 6.11. The minimum atomic E-state index is -0.466. The van der Waals surface area contributed by atoms with E-state index >= 15 is 0 Å². The smallest absolute Gasteiger partial charge is 0.0668 e. The van der Waals surface area contributed by atoms with Crippen LogP contribution in [-0.2, 0) is 0 Å². The lowest BCUT2D eigenvalue weighted by atomic mass is 9.93. The van der Waals surface area contributed by atoms with Gasteiger partial charge in [-0.15, -0.1) is 0 Å². The summed E-state index contributed by atoms with van der Waals surface area (Å²) in [4.78, 5) is 6.68. The Labute approximate surface area is 97.1 Å². The normalized spacial score (nSPS) is 20.9. The second-order valence-corrected chi connectivity index (χ2v) is 4.48. The van der Waals surface area contributed by atoms with E-state index in [0.29, 0.717) is 12.5 Å². The van der Waals surface area contributed by atoms with Gasteiger partial charge in [0, 0.05) is 24.4 Å². The molecular weight excluding hydrogens is 200 g/mol. The lowest BCUT2D eigenvalue weighted by molar-refractivity contribution is 0.124. The fourth-order valence-corrected chi connectivity index (χ4v) is 2.33. The molecule has 1 saturated heterocycles. The summed E-state index contributed by atoms with van der Waals surface area (Å²) in [6.07, 6.45) is 3.65. The number of aliphatic hydroxyl groups excluding tert-OH is 1. The number of rotatable bonds is 3. The fraction of sp³-hybridized carbons (Fsp3) is 0.538. The Morgan fingerprint density at radius 1 is 1.44 bits per heavy atom. The van der Waals surface area contributed by atoms with Gasteiger partial charge >= 0.3 is 0 Å². The first-order valence-electron chi connectivity index (χ1n) is 5.90. The van der Waals surface area contributed by atoms with Crippen molar-refractivity contribution in [2.24, 2.45) is 0 Å². The Balaban J connectivity index is 1.86. The summed E-state index contributed by atoms with van der Waals surface area (Å²) in [5.74, 6) is 0.583. The number of nitrogens with zero attached hydrogens (tertiary/aromatic N) is 2. The number of pyridine rings is 1. The number of aliphatic hydroxyl groups is 1. The molecule has 0 spiro atoms. The zero-order valence-corrected chi connectivity index (χ0v) is 9.55. The summed E-state index contributed by atoms with van der Waals surface area (Å²) < 4.78 is 0. The molecule has 1 atom stereocenters. The standard InChI is InChI=1S/C13H19N2O/c1-11(16)10-15-8-5-12(6-9-15)13-4-2-3-7-14-13/h2-4,7,11-12,16H,1,5-6,8-10H2. The van der Waals surface area contributed by atoms with Crippen molar-refractivity contribution in [1.29, 1.82) is 0 Å². The predicted octanol–water partition coefficient (Wildman–Crippen LogP) is 1.46. The Bertz CT molecular complexity index is 305. The molecule has 0 bridgehead atoms. The highest BCUT2D eigenvalue weighted by atomic mass is 16.3. The number of β-amino-alcohol motifs (C(OH)–C–C–N with tert-alkyl or cyclic N) is 1.